The van der Waals surface area contributed by atoms with E-state index in [0.29, 0.717) is 30.1 Å². The number of amides is 2. The summed E-state index contributed by atoms with van der Waals surface area (Å²) in [4.78, 5) is 46.2. The average molecular weight is 513 g/mol. The van der Waals surface area contributed by atoms with Gasteiger partial charge < -0.3 is 10.2 Å². The highest BCUT2D eigenvalue weighted by Gasteiger charge is 2.28. The molecule has 1 aliphatic rings. The highest BCUT2D eigenvalue weighted by Crippen LogP contribution is 2.29. The second-order valence-corrected chi connectivity index (χ2v) is 9.63. The number of aromatic nitrogens is 3. The van der Waals surface area contributed by atoms with Crippen molar-refractivity contribution in [3.05, 3.63) is 94.4 Å². The predicted octanol–water partition coefficient (Wildman–Crippen LogP) is 2.92. The summed E-state index contributed by atoms with van der Waals surface area (Å²) in [6, 6.07) is 24.4. The number of carbonyl (C=O) groups excluding carboxylic acids is 2. The maximum atomic E-state index is 12.9. The van der Waals surface area contributed by atoms with E-state index in [9.17, 15) is 14.4 Å². The fourth-order valence-corrected chi connectivity index (χ4v) is 5.14. The molecule has 1 fully saturated rings. The maximum Gasteiger partial charge on any atom is 0.329 e. The molecule has 196 valence electrons. The summed E-state index contributed by atoms with van der Waals surface area (Å²) >= 11 is 0. The van der Waals surface area contributed by atoms with Crippen LogP contribution in [0.15, 0.2) is 77.6 Å². The van der Waals surface area contributed by atoms with E-state index in [1.807, 2.05) is 17.0 Å². The SMILES string of the molecule is Cn1c(=O)n(C)c2nc(NC(=O)CCC(=O)N3CCN(C(c4ccccc4)c4ccccc4)CC3)ccc21. The first-order chi connectivity index (χ1) is 18.4. The van der Waals surface area contributed by atoms with Gasteiger partial charge in [-0.1, -0.05) is 60.7 Å². The van der Waals surface area contributed by atoms with Gasteiger partial charge in [0.15, 0.2) is 5.65 Å². The summed E-state index contributed by atoms with van der Waals surface area (Å²) in [7, 11) is 3.32. The number of carbonyl (C=O) groups is 2. The summed E-state index contributed by atoms with van der Waals surface area (Å²) < 4.78 is 2.95. The molecular formula is C29H32N6O3. The van der Waals surface area contributed by atoms with Gasteiger partial charge in [-0.3, -0.25) is 23.6 Å². The number of hydrogen-bond donors (Lipinski definition) is 1. The van der Waals surface area contributed by atoms with Gasteiger partial charge in [0.05, 0.1) is 11.6 Å². The number of fused-ring (bicyclic) bond motifs is 1. The Hall–Kier alpha value is -4.24. The number of aryl methyl sites for hydroxylation is 2. The summed E-state index contributed by atoms with van der Waals surface area (Å²) in [5, 5.41) is 2.75. The lowest BCUT2D eigenvalue weighted by molar-refractivity contribution is -0.134. The van der Waals surface area contributed by atoms with Gasteiger partial charge in [0.1, 0.15) is 5.82 Å². The molecule has 3 heterocycles. The fourth-order valence-electron chi connectivity index (χ4n) is 5.14. The van der Waals surface area contributed by atoms with Gasteiger partial charge in [0.2, 0.25) is 11.8 Å². The minimum absolute atomic E-state index is 0.0235. The first kappa shape index (κ1) is 25.4. The number of nitrogens with one attached hydrogen (secondary N) is 1. The first-order valence-corrected chi connectivity index (χ1v) is 12.9. The monoisotopic (exact) mass is 512 g/mol. The Morgan fingerprint density at radius 1 is 0.816 bits per heavy atom. The Morgan fingerprint density at radius 3 is 2.03 bits per heavy atom. The summed E-state index contributed by atoms with van der Waals surface area (Å²) in [6.07, 6.45) is 0.210. The van der Waals surface area contributed by atoms with Gasteiger partial charge in [-0.15, -0.1) is 0 Å². The average Bonchev–Trinajstić information content (AvgIpc) is 3.16. The third-order valence-electron chi connectivity index (χ3n) is 7.20. The van der Waals surface area contributed by atoms with Crippen LogP contribution in [0.3, 0.4) is 0 Å². The summed E-state index contributed by atoms with van der Waals surface area (Å²) in [5.41, 5.74) is 3.47. The Kier molecular flexibility index (Phi) is 7.37. The van der Waals surface area contributed by atoms with Crippen LogP contribution < -0.4 is 11.0 Å². The van der Waals surface area contributed by atoms with E-state index in [1.165, 1.54) is 20.3 Å². The van der Waals surface area contributed by atoms with Crippen molar-refractivity contribution in [3.8, 4) is 0 Å². The van der Waals surface area contributed by atoms with Gasteiger partial charge >= 0.3 is 5.69 Å². The van der Waals surface area contributed by atoms with Gasteiger partial charge in [0, 0.05) is 53.1 Å². The van der Waals surface area contributed by atoms with Crippen molar-refractivity contribution in [3.63, 3.8) is 0 Å². The van der Waals surface area contributed by atoms with Crippen LogP contribution in [0.5, 0.6) is 0 Å². The van der Waals surface area contributed by atoms with Crippen molar-refractivity contribution in [1.29, 1.82) is 0 Å². The lowest BCUT2D eigenvalue weighted by Gasteiger charge is -2.39. The minimum Gasteiger partial charge on any atom is -0.340 e. The van der Waals surface area contributed by atoms with Crippen molar-refractivity contribution < 1.29 is 9.59 Å². The molecule has 0 saturated carbocycles. The van der Waals surface area contributed by atoms with Crippen LogP contribution in [0.2, 0.25) is 0 Å². The number of pyridine rings is 1. The zero-order valence-corrected chi connectivity index (χ0v) is 21.7. The van der Waals surface area contributed by atoms with E-state index in [-0.39, 0.29) is 36.4 Å². The molecule has 2 aromatic heterocycles. The van der Waals surface area contributed by atoms with Gasteiger partial charge in [-0.2, -0.15) is 0 Å². The third-order valence-corrected chi connectivity index (χ3v) is 7.20. The van der Waals surface area contributed by atoms with Gasteiger partial charge in [-0.05, 0) is 23.3 Å². The van der Waals surface area contributed by atoms with Crippen LogP contribution in [0, 0.1) is 0 Å². The molecule has 0 unspecified atom stereocenters. The summed E-state index contributed by atoms with van der Waals surface area (Å²) in [5.74, 6) is 0.0558. The van der Waals surface area contributed by atoms with Crippen molar-refractivity contribution in [2.75, 3.05) is 31.5 Å². The fraction of sp³-hybridized carbons (Fsp3) is 0.310. The second kappa shape index (κ2) is 11.0. The number of rotatable bonds is 7. The van der Waals surface area contributed by atoms with E-state index >= 15 is 0 Å². The normalized spacial score (nSPS) is 14.2. The maximum absolute atomic E-state index is 12.9. The second-order valence-electron chi connectivity index (χ2n) is 9.63. The Morgan fingerprint density at radius 2 is 1.42 bits per heavy atom. The molecule has 1 N–H and O–H groups in total. The molecule has 0 aliphatic carbocycles. The standard InChI is InChI=1S/C29H32N6O3/c1-32-23-13-14-24(31-28(23)33(2)29(32)38)30-25(36)15-16-26(37)34-17-19-35(20-18-34)27(21-9-5-3-6-10-21)22-11-7-4-8-12-22/h3-14,27H,15-20H2,1-2H3,(H,30,31,36). The topological polar surface area (TPSA) is 92.5 Å². The number of anilines is 1. The first-order valence-electron chi connectivity index (χ1n) is 12.9. The number of benzene rings is 2. The zero-order valence-electron chi connectivity index (χ0n) is 21.7. The molecule has 5 rings (SSSR count). The van der Waals surface area contributed by atoms with Crippen LogP contribution >= 0.6 is 0 Å². The highest BCUT2D eigenvalue weighted by atomic mass is 16.2. The lowest BCUT2D eigenvalue weighted by Crippen LogP contribution is -2.50. The van der Waals surface area contributed by atoms with E-state index < -0.39 is 0 Å². The Labute approximate surface area is 221 Å². The van der Waals surface area contributed by atoms with E-state index in [1.54, 1.807) is 26.2 Å². The molecule has 0 radical (unpaired) electrons. The quantitative estimate of drug-likeness (QED) is 0.411. The summed E-state index contributed by atoms with van der Waals surface area (Å²) in [6.45, 7) is 2.76. The highest BCUT2D eigenvalue weighted by molar-refractivity contribution is 5.93. The molecule has 9 nitrogen and oxygen atoms in total. The van der Waals surface area contributed by atoms with Crippen LogP contribution in [0.4, 0.5) is 5.82 Å². The largest absolute Gasteiger partial charge is 0.340 e. The molecular weight excluding hydrogens is 480 g/mol. The number of imidazole rings is 1. The molecule has 9 heteroatoms. The minimum atomic E-state index is -0.280. The molecule has 0 atom stereocenters. The van der Waals surface area contributed by atoms with Gasteiger partial charge in [-0.25, -0.2) is 9.78 Å². The van der Waals surface area contributed by atoms with E-state index in [4.69, 9.17) is 0 Å². The van der Waals surface area contributed by atoms with Gasteiger partial charge in [0.25, 0.3) is 0 Å². The number of nitrogens with zero attached hydrogens (tertiary/aromatic N) is 5. The smallest absolute Gasteiger partial charge is 0.329 e. The predicted molar refractivity (Wildman–Crippen MR) is 147 cm³/mol. The van der Waals surface area contributed by atoms with Crippen LogP contribution in [-0.4, -0.2) is 61.9 Å². The van der Waals surface area contributed by atoms with Crippen molar-refractivity contribution in [2.45, 2.75) is 18.9 Å². The van der Waals surface area contributed by atoms with Crippen LogP contribution in [-0.2, 0) is 23.7 Å². The lowest BCUT2D eigenvalue weighted by atomic mass is 9.96. The molecule has 2 aromatic carbocycles. The number of piperazine rings is 1. The number of hydrogen-bond acceptors (Lipinski definition) is 5. The Bertz CT molecular complexity index is 1450. The Balaban J connectivity index is 1.16. The van der Waals surface area contributed by atoms with E-state index in [0.717, 1.165) is 13.1 Å². The molecule has 38 heavy (non-hydrogen) atoms. The zero-order chi connectivity index (χ0) is 26.6. The van der Waals surface area contributed by atoms with Crippen molar-refractivity contribution in [2.24, 2.45) is 14.1 Å². The molecule has 2 amide bonds. The molecule has 4 aromatic rings. The molecule has 1 aliphatic heterocycles. The molecule has 1 saturated heterocycles. The molecule has 0 spiro atoms. The third kappa shape index (κ3) is 5.24. The van der Waals surface area contributed by atoms with E-state index in [2.05, 4.69) is 63.7 Å². The molecule has 0 bridgehead atoms. The van der Waals surface area contributed by atoms with Crippen molar-refractivity contribution >= 4 is 28.8 Å². The van der Waals surface area contributed by atoms with Crippen LogP contribution in [0.25, 0.3) is 11.2 Å². The van der Waals surface area contributed by atoms with Crippen molar-refractivity contribution in [1.82, 2.24) is 23.9 Å². The van der Waals surface area contributed by atoms with Crippen LogP contribution in [0.1, 0.15) is 30.0 Å².